The molecule has 2 aromatic rings. The van der Waals surface area contributed by atoms with Crippen LogP contribution in [-0.2, 0) is 11.2 Å². The van der Waals surface area contributed by atoms with E-state index in [1.54, 1.807) is 6.33 Å². The van der Waals surface area contributed by atoms with Crippen molar-refractivity contribution in [3.05, 3.63) is 57.2 Å². The quantitative estimate of drug-likeness (QED) is 0.632. The van der Waals surface area contributed by atoms with E-state index in [1.165, 1.54) is 9.13 Å². The summed E-state index contributed by atoms with van der Waals surface area (Å²) in [5.41, 5.74) is 4.41. The molecule has 6 heteroatoms. The zero-order valence-electron chi connectivity index (χ0n) is 14.2. The predicted molar refractivity (Wildman–Crippen MR) is 107 cm³/mol. The third-order valence-corrected chi connectivity index (χ3v) is 5.68. The second kappa shape index (κ2) is 6.40. The Morgan fingerprint density at radius 3 is 2.88 bits per heavy atom. The minimum absolute atomic E-state index is 0.0509. The molecule has 3 heterocycles. The summed E-state index contributed by atoms with van der Waals surface area (Å²) in [6.07, 6.45) is 6.68. The van der Waals surface area contributed by atoms with E-state index in [0.29, 0.717) is 12.5 Å². The number of halogens is 1. The largest absolute Gasteiger partial charge is 0.310 e. The van der Waals surface area contributed by atoms with Crippen LogP contribution >= 0.6 is 22.6 Å². The van der Waals surface area contributed by atoms with Crippen molar-refractivity contribution in [1.82, 2.24) is 14.5 Å². The minimum atomic E-state index is 0.0509. The number of nitrogens with zero attached hydrogens (tertiary/aromatic N) is 4. The van der Waals surface area contributed by atoms with E-state index in [4.69, 9.17) is 0 Å². The first-order chi connectivity index (χ1) is 12.0. The molecule has 2 aliphatic rings. The van der Waals surface area contributed by atoms with Crippen molar-refractivity contribution in [2.24, 2.45) is 4.99 Å². The molecular formula is C19H19IN4O. The Labute approximate surface area is 160 Å². The molecule has 1 aromatic carbocycles. The number of benzene rings is 1. The monoisotopic (exact) mass is 446 g/mol. The van der Waals surface area contributed by atoms with Crippen LogP contribution in [0, 0.1) is 3.57 Å². The van der Waals surface area contributed by atoms with E-state index in [-0.39, 0.29) is 12.5 Å². The molecule has 0 fully saturated rings. The molecule has 0 N–H and O–H groups in total. The van der Waals surface area contributed by atoms with Crippen LogP contribution in [0.3, 0.4) is 0 Å². The molecule has 0 bridgehead atoms. The van der Waals surface area contributed by atoms with E-state index in [1.807, 2.05) is 27.8 Å². The lowest BCUT2D eigenvalue weighted by atomic mass is 9.96. The molecule has 5 nitrogen and oxygen atoms in total. The highest BCUT2D eigenvalue weighted by Gasteiger charge is 2.29. The molecule has 0 aliphatic carbocycles. The first kappa shape index (κ1) is 16.5. The summed E-state index contributed by atoms with van der Waals surface area (Å²) in [4.78, 5) is 23.4. The standard InChI is InChI=1S/C19H19IN4O/c1-12(2)16-10-23(11-22-16)18-8-17-14-4-3-5-15(20)13(14)6-7-24(17)19(25)9-21-18/h3-5,8,10-12H,6-7,9H2,1-2H3. The van der Waals surface area contributed by atoms with Gasteiger partial charge in [-0.1, -0.05) is 26.0 Å². The highest BCUT2D eigenvalue weighted by Crippen LogP contribution is 2.32. The van der Waals surface area contributed by atoms with Crippen LogP contribution in [0.25, 0.3) is 5.70 Å². The van der Waals surface area contributed by atoms with Gasteiger partial charge in [0.25, 0.3) is 0 Å². The summed E-state index contributed by atoms with van der Waals surface area (Å²) < 4.78 is 3.16. The van der Waals surface area contributed by atoms with Gasteiger partial charge >= 0.3 is 0 Å². The molecule has 0 atom stereocenters. The maximum atomic E-state index is 12.6. The van der Waals surface area contributed by atoms with Crippen LogP contribution in [0.4, 0.5) is 0 Å². The van der Waals surface area contributed by atoms with Gasteiger partial charge in [0, 0.05) is 28.0 Å². The number of carbonyl (C=O) groups excluding carboxylic acids is 1. The first-order valence-corrected chi connectivity index (χ1v) is 9.51. The Morgan fingerprint density at radius 1 is 1.28 bits per heavy atom. The van der Waals surface area contributed by atoms with Crippen LogP contribution in [-0.4, -0.2) is 39.3 Å². The number of hydrogen-bond donors (Lipinski definition) is 0. The number of amides is 1. The number of allylic oxidation sites excluding steroid dienone is 1. The van der Waals surface area contributed by atoms with Crippen LogP contribution in [0.5, 0.6) is 0 Å². The van der Waals surface area contributed by atoms with Gasteiger partial charge in [-0.15, -0.1) is 0 Å². The number of rotatable bonds is 1. The van der Waals surface area contributed by atoms with E-state index in [9.17, 15) is 4.79 Å². The number of aliphatic imine (C=N–C) groups is 1. The Balaban J connectivity index is 1.83. The van der Waals surface area contributed by atoms with Gasteiger partial charge in [0.15, 0.2) is 0 Å². The van der Waals surface area contributed by atoms with E-state index < -0.39 is 0 Å². The Morgan fingerprint density at radius 2 is 2.12 bits per heavy atom. The summed E-state index contributed by atoms with van der Waals surface area (Å²) in [6.45, 7) is 5.11. The number of aromatic nitrogens is 2. The van der Waals surface area contributed by atoms with Crippen molar-refractivity contribution in [2.75, 3.05) is 13.1 Å². The van der Waals surface area contributed by atoms with Crippen molar-refractivity contribution in [1.29, 1.82) is 0 Å². The topological polar surface area (TPSA) is 50.5 Å². The fourth-order valence-corrected chi connectivity index (χ4v) is 4.04. The van der Waals surface area contributed by atoms with Gasteiger partial charge in [0.05, 0.1) is 11.4 Å². The summed E-state index contributed by atoms with van der Waals surface area (Å²) in [5, 5.41) is 0. The summed E-state index contributed by atoms with van der Waals surface area (Å²) in [5.74, 6) is 1.17. The maximum Gasteiger partial charge on any atom is 0.248 e. The molecule has 1 amide bonds. The van der Waals surface area contributed by atoms with Crippen LogP contribution < -0.4 is 0 Å². The van der Waals surface area contributed by atoms with Gasteiger partial charge in [0.1, 0.15) is 18.7 Å². The summed E-state index contributed by atoms with van der Waals surface area (Å²) >= 11 is 2.37. The lowest BCUT2D eigenvalue weighted by Gasteiger charge is -2.31. The summed E-state index contributed by atoms with van der Waals surface area (Å²) in [6, 6.07) is 6.26. The molecule has 0 saturated carbocycles. The predicted octanol–water partition coefficient (Wildman–Crippen LogP) is 3.30. The molecule has 25 heavy (non-hydrogen) atoms. The molecule has 4 rings (SSSR count). The van der Waals surface area contributed by atoms with E-state index >= 15 is 0 Å². The molecule has 128 valence electrons. The van der Waals surface area contributed by atoms with Gasteiger partial charge in [0.2, 0.25) is 5.91 Å². The maximum absolute atomic E-state index is 12.6. The lowest BCUT2D eigenvalue weighted by molar-refractivity contribution is -0.126. The van der Waals surface area contributed by atoms with Crippen molar-refractivity contribution in [2.45, 2.75) is 26.2 Å². The second-order valence-corrected chi connectivity index (χ2v) is 7.79. The number of hydrogen-bond acceptors (Lipinski definition) is 3. The van der Waals surface area contributed by atoms with Gasteiger partial charge in [-0.3, -0.25) is 14.4 Å². The number of carbonyl (C=O) groups is 1. The van der Waals surface area contributed by atoms with Crippen LogP contribution in [0.2, 0.25) is 0 Å². The highest BCUT2D eigenvalue weighted by atomic mass is 127. The van der Waals surface area contributed by atoms with Crippen LogP contribution in [0.1, 0.15) is 36.6 Å². The molecule has 2 aliphatic heterocycles. The smallest absolute Gasteiger partial charge is 0.248 e. The third kappa shape index (κ3) is 2.92. The second-order valence-electron chi connectivity index (χ2n) is 6.63. The number of fused-ring (bicyclic) bond motifs is 3. The van der Waals surface area contributed by atoms with Gasteiger partial charge in [-0.05, 0) is 46.6 Å². The van der Waals surface area contributed by atoms with Gasteiger partial charge in [-0.25, -0.2) is 4.98 Å². The fraction of sp³-hybridized carbons (Fsp3) is 0.316. The SMILES string of the molecule is CC(C)c1cn(C2=NCC(=O)N3CCc4c(I)cccc4C3=C2)cn1. The van der Waals surface area contributed by atoms with E-state index in [0.717, 1.165) is 29.2 Å². The molecule has 0 radical (unpaired) electrons. The van der Waals surface area contributed by atoms with Gasteiger partial charge in [-0.2, -0.15) is 0 Å². The first-order valence-electron chi connectivity index (χ1n) is 8.43. The normalized spacial score (nSPS) is 17.0. The van der Waals surface area contributed by atoms with Gasteiger partial charge < -0.3 is 4.90 Å². The number of imidazole rings is 1. The minimum Gasteiger partial charge on any atom is -0.310 e. The average molecular weight is 446 g/mol. The van der Waals surface area contributed by atoms with Crippen LogP contribution in [0.15, 0.2) is 41.8 Å². The Bertz CT molecular complexity index is 910. The highest BCUT2D eigenvalue weighted by molar-refractivity contribution is 14.1. The zero-order valence-corrected chi connectivity index (χ0v) is 16.4. The zero-order chi connectivity index (χ0) is 17.6. The lowest BCUT2D eigenvalue weighted by Crippen LogP contribution is -2.36. The third-order valence-electron chi connectivity index (χ3n) is 4.67. The Kier molecular flexibility index (Phi) is 4.23. The van der Waals surface area contributed by atoms with Crippen molar-refractivity contribution < 1.29 is 4.79 Å². The van der Waals surface area contributed by atoms with E-state index in [2.05, 4.69) is 58.5 Å². The van der Waals surface area contributed by atoms with Crippen molar-refractivity contribution >= 4 is 40.0 Å². The average Bonchev–Trinajstić information content (AvgIpc) is 3.02. The van der Waals surface area contributed by atoms with Crippen molar-refractivity contribution in [3.63, 3.8) is 0 Å². The molecular weight excluding hydrogens is 427 g/mol. The molecule has 0 saturated heterocycles. The summed E-state index contributed by atoms with van der Waals surface area (Å²) in [7, 11) is 0. The molecule has 1 aromatic heterocycles. The molecule has 0 spiro atoms. The fourth-order valence-electron chi connectivity index (χ4n) is 3.28. The Hall–Kier alpha value is -1.96. The molecule has 0 unspecified atom stereocenters. The van der Waals surface area contributed by atoms with Crippen molar-refractivity contribution in [3.8, 4) is 0 Å².